The molecule has 6 nitrogen and oxygen atoms in total. The third kappa shape index (κ3) is 3.24. The van der Waals surface area contributed by atoms with Crippen LogP contribution < -0.4 is 5.84 Å². The van der Waals surface area contributed by atoms with Gasteiger partial charge in [0.25, 0.3) is 0 Å². The summed E-state index contributed by atoms with van der Waals surface area (Å²) in [6.07, 6.45) is 0. The average Bonchev–Trinajstić information content (AvgIpc) is 3.27. The van der Waals surface area contributed by atoms with E-state index in [1.165, 1.54) is 28.6 Å². The Kier molecular flexibility index (Phi) is 4.16. The van der Waals surface area contributed by atoms with E-state index < -0.39 is 0 Å². The van der Waals surface area contributed by atoms with Crippen LogP contribution in [0.3, 0.4) is 0 Å². The molecule has 124 valence electrons. The second kappa shape index (κ2) is 6.61. The van der Waals surface area contributed by atoms with Gasteiger partial charge in [-0.3, -0.25) is 0 Å². The van der Waals surface area contributed by atoms with Crippen LogP contribution in [0.1, 0.15) is 0 Å². The van der Waals surface area contributed by atoms with Crippen LogP contribution in [0.4, 0.5) is 4.39 Å². The van der Waals surface area contributed by atoms with E-state index in [1.807, 2.05) is 29.6 Å². The Bertz CT molecular complexity index is 981. The third-order valence-corrected chi connectivity index (χ3v) is 5.14. The molecule has 2 N–H and O–H groups in total. The van der Waals surface area contributed by atoms with Crippen molar-refractivity contribution in [3.05, 3.63) is 59.7 Å². The number of thiophene rings is 1. The standard InChI is InChI=1S/C16H11FN6S2/c17-11-5-3-10(4-6-11)12-7-8-14(20-19-12)25-16-22-21-15(23(16)18)13-2-1-9-24-13/h1-9H,18H2. The molecule has 0 radical (unpaired) electrons. The molecule has 0 atom stereocenters. The molecule has 0 saturated heterocycles. The van der Waals surface area contributed by atoms with Gasteiger partial charge in [0, 0.05) is 5.56 Å². The van der Waals surface area contributed by atoms with E-state index in [0.29, 0.717) is 21.7 Å². The number of nitrogen functional groups attached to an aromatic ring is 1. The van der Waals surface area contributed by atoms with Crippen LogP contribution in [0.5, 0.6) is 0 Å². The second-order valence-corrected chi connectivity index (χ2v) is 6.95. The minimum atomic E-state index is -0.285. The minimum absolute atomic E-state index is 0.285. The summed E-state index contributed by atoms with van der Waals surface area (Å²) in [5.74, 6) is 6.39. The summed E-state index contributed by atoms with van der Waals surface area (Å²) in [5.41, 5.74) is 1.46. The van der Waals surface area contributed by atoms with E-state index in [-0.39, 0.29) is 5.82 Å². The van der Waals surface area contributed by atoms with E-state index >= 15 is 0 Å². The van der Waals surface area contributed by atoms with Crippen molar-refractivity contribution in [3.8, 4) is 22.0 Å². The Balaban J connectivity index is 1.55. The normalized spacial score (nSPS) is 10.9. The van der Waals surface area contributed by atoms with Crippen molar-refractivity contribution < 1.29 is 4.39 Å². The van der Waals surface area contributed by atoms with Gasteiger partial charge in [0.15, 0.2) is 5.82 Å². The molecule has 4 aromatic rings. The van der Waals surface area contributed by atoms with Crippen LogP contribution in [-0.2, 0) is 0 Å². The van der Waals surface area contributed by atoms with Crippen molar-refractivity contribution in [2.75, 3.05) is 5.84 Å². The van der Waals surface area contributed by atoms with Crippen molar-refractivity contribution >= 4 is 23.1 Å². The fourth-order valence-corrected chi connectivity index (χ4v) is 3.54. The summed E-state index contributed by atoms with van der Waals surface area (Å²) >= 11 is 2.82. The Morgan fingerprint density at radius 1 is 0.960 bits per heavy atom. The van der Waals surface area contributed by atoms with Gasteiger partial charge in [-0.25, -0.2) is 9.07 Å². The SMILES string of the molecule is Nn1c(Sc2ccc(-c3ccc(F)cc3)nn2)nnc1-c1cccs1. The molecule has 9 heteroatoms. The van der Waals surface area contributed by atoms with Crippen LogP contribution >= 0.6 is 23.1 Å². The van der Waals surface area contributed by atoms with Crippen molar-refractivity contribution in [1.82, 2.24) is 25.1 Å². The van der Waals surface area contributed by atoms with Gasteiger partial charge in [-0.2, -0.15) is 0 Å². The lowest BCUT2D eigenvalue weighted by Crippen LogP contribution is -2.11. The van der Waals surface area contributed by atoms with Gasteiger partial charge < -0.3 is 5.84 Å². The van der Waals surface area contributed by atoms with Gasteiger partial charge in [0.1, 0.15) is 10.8 Å². The van der Waals surface area contributed by atoms with Gasteiger partial charge in [-0.1, -0.05) is 6.07 Å². The molecule has 4 rings (SSSR count). The Morgan fingerprint density at radius 2 is 1.80 bits per heavy atom. The van der Waals surface area contributed by atoms with E-state index in [4.69, 9.17) is 5.84 Å². The van der Waals surface area contributed by atoms with Crippen molar-refractivity contribution in [1.29, 1.82) is 0 Å². The molecule has 0 aliphatic rings. The minimum Gasteiger partial charge on any atom is -0.335 e. The molecule has 0 aliphatic heterocycles. The number of halogens is 1. The highest BCUT2D eigenvalue weighted by atomic mass is 32.2. The lowest BCUT2D eigenvalue weighted by molar-refractivity contribution is 0.628. The first-order chi connectivity index (χ1) is 12.2. The first-order valence-corrected chi connectivity index (χ1v) is 8.92. The zero-order valence-electron chi connectivity index (χ0n) is 12.7. The summed E-state index contributed by atoms with van der Waals surface area (Å²) in [6, 6.07) is 13.6. The number of aromatic nitrogens is 5. The molecule has 25 heavy (non-hydrogen) atoms. The number of nitrogens with zero attached hydrogens (tertiary/aromatic N) is 5. The summed E-state index contributed by atoms with van der Waals surface area (Å²) in [6.45, 7) is 0. The first-order valence-electron chi connectivity index (χ1n) is 7.22. The second-order valence-electron chi connectivity index (χ2n) is 5.02. The first kappa shape index (κ1) is 15.7. The predicted molar refractivity (Wildman–Crippen MR) is 95.0 cm³/mol. The molecule has 0 fully saturated rings. The van der Waals surface area contributed by atoms with Crippen LogP contribution in [0.2, 0.25) is 0 Å². The zero-order chi connectivity index (χ0) is 17.2. The molecule has 0 amide bonds. The topological polar surface area (TPSA) is 82.5 Å². The lowest BCUT2D eigenvalue weighted by atomic mass is 10.1. The van der Waals surface area contributed by atoms with Gasteiger partial charge in [0.2, 0.25) is 5.16 Å². The summed E-state index contributed by atoms with van der Waals surface area (Å²) < 4.78 is 14.4. The fraction of sp³-hybridized carbons (Fsp3) is 0. The fourth-order valence-electron chi connectivity index (χ4n) is 2.16. The number of hydrogen-bond acceptors (Lipinski definition) is 7. The largest absolute Gasteiger partial charge is 0.335 e. The average molecular weight is 370 g/mol. The Hall–Kier alpha value is -2.78. The third-order valence-electron chi connectivity index (χ3n) is 3.38. The number of nitrogens with two attached hydrogens (primary N) is 1. The van der Waals surface area contributed by atoms with Crippen LogP contribution in [0, 0.1) is 5.82 Å². The molecular weight excluding hydrogens is 359 g/mol. The maximum atomic E-state index is 13.0. The molecule has 0 spiro atoms. The molecule has 0 unspecified atom stereocenters. The molecule has 3 aromatic heterocycles. The van der Waals surface area contributed by atoms with E-state index in [9.17, 15) is 4.39 Å². The van der Waals surface area contributed by atoms with Gasteiger partial charge in [0.05, 0.1) is 10.6 Å². The molecular formula is C16H11FN6S2. The highest BCUT2D eigenvalue weighted by Crippen LogP contribution is 2.28. The van der Waals surface area contributed by atoms with Gasteiger partial charge >= 0.3 is 0 Å². The molecule has 1 aromatic carbocycles. The summed E-state index contributed by atoms with van der Waals surface area (Å²) in [5, 5.41) is 19.7. The van der Waals surface area contributed by atoms with Crippen LogP contribution in [0.25, 0.3) is 22.0 Å². The number of hydrogen-bond donors (Lipinski definition) is 1. The van der Waals surface area contributed by atoms with E-state index in [0.717, 1.165) is 10.4 Å². The maximum Gasteiger partial charge on any atom is 0.216 e. The predicted octanol–water partition coefficient (Wildman–Crippen LogP) is 3.47. The Labute approximate surface area is 150 Å². The summed E-state index contributed by atoms with van der Waals surface area (Å²) in [7, 11) is 0. The van der Waals surface area contributed by atoms with E-state index in [2.05, 4.69) is 20.4 Å². The summed E-state index contributed by atoms with van der Waals surface area (Å²) in [4.78, 5) is 0.944. The smallest absolute Gasteiger partial charge is 0.216 e. The number of rotatable bonds is 4. The van der Waals surface area contributed by atoms with Crippen LogP contribution in [0.15, 0.2) is 64.1 Å². The quantitative estimate of drug-likeness (QED) is 0.554. The highest BCUT2D eigenvalue weighted by molar-refractivity contribution is 7.99. The van der Waals surface area contributed by atoms with E-state index in [1.54, 1.807) is 23.5 Å². The lowest BCUT2D eigenvalue weighted by Gasteiger charge is -2.03. The molecule has 0 saturated carbocycles. The van der Waals surface area contributed by atoms with Crippen molar-refractivity contribution in [3.63, 3.8) is 0 Å². The highest BCUT2D eigenvalue weighted by Gasteiger charge is 2.14. The molecule has 0 bridgehead atoms. The zero-order valence-corrected chi connectivity index (χ0v) is 14.3. The number of benzene rings is 1. The van der Waals surface area contributed by atoms with Crippen LogP contribution in [-0.4, -0.2) is 25.1 Å². The van der Waals surface area contributed by atoms with Gasteiger partial charge in [-0.05, 0) is 59.6 Å². The monoisotopic (exact) mass is 370 g/mol. The van der Waals surface area contributed by atoms with Gasteiger partial charge in [-0.15, -0.1) is 31.7 Å². The molecule has 3 heterocycles. The Morgan fingerprint density at radius 3 is 2.48 bits per heavy atom. The van der Waals surface area contributed by atoms with Crippen molar-refractivity contribution in [2.24, 2.45) is 0 Å². The molecule has 0 aliphatic carbocycles. The van der Waals surface area contributed by atoms with Crippen molar-refractivity contribution in [2.45, 2.75) is 10.2 Å². The maximum absolute atomic E-state index is 13.0.